The molecule has 2 aromatic carbocycles. The van der Waals surface area contributed by atoms with Gasteiger partial charge in [-0.25, -0.2) is 0 Å². The molecule has 2 fully saturated rings. The highest BCUT2D eigenvalue weighted by Crippen LogP contribution is 2.36. The van der Waals surface area contributed by atoms with E-state index in [1.165, 1.54) is 46.2 Å². The van der Waals surface area contributed by atoms with E-state index in [1.54, 1.807) is 0 Å². The highest BCUT2D eigenvalue weighted by Gasteiger charge is 2.22. The molecule has 2 unspecified atom stereocenters. The predicted octanol–water partition coefficient (Wildman–Crippen LogP) is 7.50. The number of hydrogen-bond donors (Lipinski definition) is 0. The van der Waals surface area contributed by atoms with E-state index in [0.717, 1.165) is 89.3 Å². The van der Waals surface area contributed by atoms with Gasteiger partial charge in [0.25, 0.3) is 0 Å². The third kappa shape index (κ3) is 7.49. The molecule has 0 aliphatic carbocycles. The molecule has 2 atom stereocenters. The summed E-state index contributed by atoms with van der Waals surface area (Å²) in [5.41, 5.74) is 7.83. The average molecular weight is 495 g/mol. The topological polar surface area (TPSA) is 43.5 Å². The zero-order valence-corrected chi connectivity index (χ0v) is 23.0. The number of benzene rings is 2. The van der Waals surface area contributed by atoms with Crippen molar-refractivity contribution < 1.29 is 18.9 Å². The molecule has 2 aromatic rings. The van der Waals surface area contributed by atoms with Crippen LogP contribution >= 0.6 is 0 Å². The second-order valence-electron chi connectivity index (χ2n) is 10.3. The molecule has 0 aromatic heterocycles. The van der Waals surface area contributed by atoms with Gasteiger partial charge in [0.1, 0.15) is 11.5 Å². The van der Waals surface area contributed by atoms with Gasteiger partial charge in [0, 0.05) is 0 Å². The van der Waals surface area contributed by atoms with Crippen molar-refractivity contribution in [3.8, 4) is 22.6 Å². The van der Waals surface area contributed by atoms with Crippen LogP contribution in [0, 0.1) is 0 Å². The van der Waals surface area contributed by atoms with E-state index >= 15 is 0 Å². The summed E-state index contributed by atoms with van der Waals surface area (Å²) in [5.74, 6) is 2.21. The molecule has 4 heteroatoms. The Labute approximate surface area is 218 Å². The number of unbranched alkanes of at least 4 members (excludes halogenated alkanes) is 2. The van der Waals surface area contributed by atoms with Crippen LogP contribution in [0.3, 0.4) is 0 Å². The van der Waals surface area contributed by atoms with Crippen LogP contribution in [0.2, 0.25) is 0 Å². The first kappa shape index (κ1) is 27.0. The van der Waals surface area contributed by atoms with Crippen LogP contribution in [0.4, 0.5) is 0 Å². The van der Waals surface area contributed by atoms with Crippen LogP contribution in [0.5, 0.6) is 11.5 Å². The Morgan fingerprint density at radius 3 is 1.19 bits per heavy atom. The highest BCUT2D eigenvalue weighted by molar-refractivity contribution is 5.71. The third-order valence-electron chi connectivity index (χ3n) is 7.48. The first-order chi connectivity index (χ1) is 17.7. The molecule has 0 spiro atoms. The molecule has 0 radical (unpaired) electrons. The fourth-order valence-electron chi connectivity index (χ4n) is 5.03. The Kier molecular flexibility index (Phi) is 10.1. The standard InChI is InChI=1S/C32H46O4/c1-5-23-17-27(18-24(6-2)31(23)33-15-11-9-13-29-21-35-29)28-19-25(7-3)32(26(8-4)20-28)34-16-12-10-14-30-22-36-30/h17-20,29-30H,5-16,21-22H2,1-4H3. The molecule has 0 saturated carbocycles. The van der Waals surface area contributed by atoms with E-state index in [4.69, 9.17) is 18.9 Å². The van der Waals surface area contributed by atoms with Gasteiger partial charge in [0.15, 0.2) is 0 Å². The quantitative estimate of drug-likeness (QED) is 0.169. The van der Waals surface area contributed by atoms with Gasteiger partial charge in [-0.1, -0.05) is 27.7 Å². The molecule has 2 saturated heterocycles. The number of epoxide rings is 2. The van der Waals surface area contributed by atoms with Gasteiger partial charge in [-0.05, 0) is 122 Å². The fraction of sp³-hybridized carbons (Fsp3) is 0.625. The third-order valence-corrected chi connectivity index (χ3v) is 7.48. The van der Waals surface area contributed by atoms with Gasteiger partial charge < -0.3 is 18.9 Å². The summed E-state index contributed by atoms with van der Waals surface area (Å²) >= 11 is 0. The fourth-order valence-corrected chi connectivity index (χ4v) is 5.03. The van der Waals surface area contributed by atoms with Gasteiger partial charge in [-0.2, -0.15) is 0 Å². The van der Waals surface area contributed by atoms with E-state index in [2.05, 4.69) is 52.0 Å². The maximum atomic E-state index is 6.37. The number of aryl methyl sites for hydroxylation is 4. The summed E-state index contributed by atoms with van der Waals surface area (Å²) < 4.78 is 23.4. The lowest BCUT2D eigenvalue weighted by Gasteiger charge is -2.20. The first-order valence-electron chi connectivity index (χ1n) is 14.5. The van der Waals surface area contributed by atoms with Gasteiger partial charge >= 0.3 is 0 Å². The maximum Gasteiger partial charge on any atom is 0.125 e. The second-order valence-corrected chi connectivity index (χ2v) is 10.3. The van der Waals surface area contributed by atoms with Crippen molar-refractivity contribution in [3.63, 3.8) is 0 Å². The van der Waals surface area contributed by atoms with Crippen LogP contribution in [0.1, 0.15) is 88.5 Å². The zero-order chi connectivity index (χ0) is 25.3. The van der Waals surface area contributed by atoms with Gasteiger partial charge in [0.2, 0.25) is 0 Å². The van der Waals surface area contributed by atoms with Crippen molar-refractivity contribution in [1.29, 1.82) is 0 Å². The summed E-state index contributed by atoms with van der Waals surface area (Å²) in [4.78, 5) is 0. The lowest BCUT2D eigenvalue weighted by atomic mass is 9.92. The molecule has 198 valence electrons. The Bertz CT molecular complexity index is 845. The van der Waals surface area contributed by atoms with E-state index in [-0.39, 0.29) is 0 Å². The Morgan fingerprint density at radius 2 is 0.917 bits per heavy atom. The summed E-state index contributed by atoms with van der Waals surface area (Å²) in [5, 5.41) is 0. The van der Waals surface area contributed by atoms with E-state index < -0.39 is 0 Å². The molecule has 2 aliphatic heterocycles. The summed E-state index contributed by atoms with van der Waals surface area (Å²) in [6, 6.07) is 9.39. The smallest absolute Gasteiger partial charge is 0.125 e. The predicted molar refractivity (Wildman–Crippen MR) is 148 cm³/mol. The summed E-state index contributed by atoms with van der Waals surface area (Å²) in [7, 11) is 0. The van der Waals surface area contributed by atoms with Crippen LogP contribution in [0.15, 0.2) is 24.3 Å². The van der Waals surface area contributed by atoms with Crippen molar-refractivity contribution in [1.82, 2.24) is 0 Å². The molecular formula is C32H46O4. The molecule has 2 aliphatic rings. The van der Waals surface area contributed by atoms with Crippen LogP contribution in [0.25, 0.3) is 11.1 Å². The minimum absolute atomic E-state index is 0.516. The van der Waals surface area contributed by atoms with E-state index in [9.17, 15) is 0 Å². The minimum Gasteiger partial charge on any atom is -0.493 e. The van der Waals surface area contributed by atoms with Crippen molar-refractivity contribution >= 4 is 0 Å². The van der Waals surface area contributed by atoms with Gasteiger partial charge in [-0.15, -0.1) is 0 Å². The summed E-state index contributed by atoms with van der Waals surface area (Å²) in [6.07, 6.45) is 11.8. The highest BCUT2D eigenvalue weighted by atomic mass is 16.6. The zero-order valence-electron chi connectivity index (χ0n) is 23.0. The van der Waals surface area contributed by atoms with Crippen molar-refractivity contribution in [2.75, 3.05) is 26.4 Å². The molecule has 0 bridgehead atoms. The largest absolute Gasteiger partial charge is 0.493 e. The normalized spacial score (nSPS) is 18.3. The molecule has 2 heterocycles. The van der Waals surface area contributed by atoms with Gasteiger partial charge in [-0.3, -0.25) is 0 Å². The molecule has 4 rings (SSSR count). The molecule has 0 N–H and O–H groups in total. The van der Waals surface area contributed by atoms with Crippen molar-refractivity contribution in [2.24, 2.45) is 0 Å². The van der Waals surface area contributed by atoms with Crippen LogP contribution in [-0.2, 0) is 35.2 Å². The number of ether oxygens (including phenoxy) is 4. The van der Waals surface area contributed by atoms with Crippen LogP contribution < -0.4 is 9.47 Å². The van der Waals surface area contributed by atoms with Crippen LogP contribution in [-0.4, -0.2) is 38.6 Å². The number of hydrogen-bond acceptors (Lipinski definition) is 4. The SMILES string of the molecule is CCc1cc(-c2cc(CC)c(OCCCCC3CO3)c(CC)c2)cc(CC)c1OCCCCC1CO1. The molecule has 0 amide bonds. The molecular weight excluding hydrogens is 448 g/mol. The Morgan fingerprint density at radius 1 is 0.583 bits per heavy atom. The lowest BCUT2D eigenvalue weighted by molar-refractivity contribution is 0.294. The van der Waals surface area contributed by atoms with E-state index in [0.29, 0.717) is 12.2 Å². The summed E-state index contributed by atoms with van der Waals surface area (Å²) in [6.45, 7) is 12.4. The van der Waals surface area contributed by atoms with Crippen molar-refractivity contribution in [3.05, 3.63) is 46.5 Å². The molecule has 36 heavy (non-hydrogen) atoms. The van der Waals surface area contributed by atoms with E-state index in [1.807, 2.05) is 0 Å². The first-order valence-corrected chi connectivity index (χ1v) is 14.5. The monoisotopic (exact) mass is 494 g/mol. The lowest BCUT2D eigenvalue weighted by Crippen LogP contribution is -2.05. The second kappa shape index (κ2) is 13.5. The number of rotatable bonds is 17. The molecule has 4 nitrogen and oxygen atoms in total. The van der Waals surface area contributed by atoms with Crippen molar-refractivity contribution in [2.45, 2.75) is 104 Å². The Hall–Kier alpha value is -2.04. The minimum atomic E-state index is 0.516. The maximum absolute atomic E-state index is 6.37. The average Bonchev–Trinajstić information content (AvgIpc) is 3.83. The Balaban J connectivity index is 1.48. The van der Waals surface area contributed by atoms with Gasteiger partial charge in [0.05, 0.1) is 38.6 Å².